The van der Waals surface area contributed by atoms with Gasteiger partial charge in [-0.3, -0.25) is 0 Å². The first-order valence-corrected chi connectivity index (χ1v) is 10.7. The SMILES string of the molecule is Cc1[se]c2c(c1C)C(C)(C)C(C)(C)c1c-2[se]c(C)c1C. The molecule has 0 amide bonds. The van der Waals surface area contributed by atoms with Crippen LogP contribution in [0.4, 0.5) is 0 Å². The summed E-state index contributed by atoms with van der Waals surface area (Å²) >= 11 is 1.14. The molecule has 0 fully saturated rings. The second-order valence-electron chi connectivity index (χ2n) is 7.22. The zero-order valence-corrected chi connectivity index (χ0v) is 17.2. The Morgan fingerprint density at radius 1 is 0.600 bits per heavy atom. The van der Waals surface area contributed by atoms with Crippen LogP contribution < -0.4 is 0 Å². The molecule has 0 bridgehead atoms. The van der Waals surface area contributed by atoms with E-state index in [0.717, 1.165) is 0 Å². The van der Waals surface area contributed by atoms with Crippen molar-refractivity contribution in [2.24, 2.45) is 0 Å². The van der Waals surface area contributed by atoms with Gasteiger partial charge in [0.2, 0.25) is 0 Å². The normalized spacial score (nSPS) is 18.8. The Morgan fingerprint density at radius 2 is 0.900 bits per heavy atom. The van der Waals surface area contributed by atoms with Crippen molar-refractivity contribution >= 4 is 29.0 Å². The molecule has 0 saturated carbocycles. The monoisotopic (exact) mass is 400 g/mol. The number of aryl methyl sites for hydroxylation is 2. The van der Waals surface area contributed by atoms with E-state index in [-0.39, 0.29) is 10.8 Å². The summed E-state index contributed by atoms with van der Waals surface area (Å²) in [6.07, 6.45) is 0. The van der Waals surface area contributed by atoms with Gasteiger partial charge in [0.15, 0.2) is 0 Å². The Labute approximate surface area is 135 Å². The van der Waals surface area contributed by atoms with Gasteiger partial charge in [-0.2, -0.15) is 0 Å². The van der Waals surface area contributed by atoms with Gasteiger partial charge in [-0.25, -0.2) is 0 Å². The Balaban J connectivity index is 2.50. The van der Waals surface area contributed by atoms with Crippen molar-refractivity contribution in [1.82, 2.24) is 0 Å². The molecule has 1 aliphatic carbocycles. The zero-order chi connectivity index (χ0) is 15.0. The summed E-state index contributed by atoms with van der Waals surface area (Å²) in [6, 6.07) is 0. The van der Waals surface area contributed by atoms with Crippen LogP contribution in [0, 0.1) is 27.7 Å². The molecule has 20 heavy (non-hydrogen) atoms. The Morgan fingerprint density at radius 3 is 1.20 bits per heavy atom. The molecule has 3 rings (SSSR count). The zero-order valence-electron chi connectivity index (χ0n) is 13.8. The van der Waals surface area contributed by atoms with E-state index in [0.29, 0.717) is 29.0 Å². The van der Waals surface area contributed by atoms with Crippen LogP contribution in [0.25, 0.3) is 8.87 Å². The van der Waals surface area contributed by atoms with Crippen LogP contribution in [0.5, 0.6) is 0 Å². The molecule has 0 saturated heterocycles. The van der Waals surface area contributed by atoms with E-state index in [1.165, 1.54) is 0 Å². The van der Waals surface area contributed by atoms with Gasteiger partial charge in [0, 0.05) is 0 Å². The molecule has 0 nitrogen and oxygen atoms in total. The third-order valence-electron chi connectivity index (χ3n) is 5.79. The number of hydrogen-bond acceptors (Lipinski definition) is 0. The molecule has 0 unspecified atom stereocenters. The van der Waals surface area contributed by atoms with Crippen LogP contribution in [0.2, 0.25) is 0 Å². The van der Waals surface area contributed by atoms with Crippen LogP contribution >= 0.6 is 0 Å². The summed E-state index contributed by atoms with van der Waals surface area (Å²) in [5, 5.41) is 0. The molecule has 0 atom stereocenters. The summed E-state index contributed by atoms with van der Waals surface area (Å²) < 4.78 is 6.81. The predicted molar refractivity (Wildman–Crippen MR) is 90.8 cm³/mol. The van der Waals surface area contributed by atoms with Crippen molar-refractivity contribution in [2.75, 3.05) is 0 Å². The van der Waals surface area contributed by atoms with Gasteiger partial charge in [0.1, 0.15) is 0 Å². The van der Waals surface area contributed by atoms with Crippen LogP contribution in [0.15, 0.2) is 0 Å². The van der Waals surface area contributed by atoms with Gasteiger partial charge in [0.25, 0.3) is 0 Å². The Kier molecular flexibility index (Phi) is 3.18. The van der Waals surface area contributed by atoms with Gasteiger partial charge >= 0.3 is 135 Å². The average molecular weight is 398 g/mol. The second-order valence-corrected chi connectivity index (χ2v) is 12.4. The molecule has 0 N–H and O–H groups in total. The van der Waals surface area contributed by atoms with E-state index < -0.39 is 0 Å². The number of hydrogen-bond donors (Lipinski definition) is 0. The van der Waals surface area contributed by atoms with Crippen LogP contribution in [0.1, 0.15) is 58.8 Å². The van der Waals surface area contributed by atoms with Crippen molar-refractivity contribution in [3.8, 4) is 8.87 Å². The average Bonchev–Trinajstić information content (AvgIpc) is 2.78. The van der Waals surface area contributed by atoms with Crippen molar-refractivity contribution in [3.05, 3.63) is 31.1 Å². The molecule has 2 aromatic rings. The van der Waals surface area contributed by atoms with E-state index >= 15 is 0 Å². The van der Waals surface area contributed by atoms with Crippen LogP contribution in [-0.2, 0) is 10.8 Å². The van der Waals surface area contributed by atoms with Gasteiger partial charge in [-0.15, -0.1) is 0 Å². The minimum absolute atomic E-state index is 0.243. The van der Waals surface area contributed by atoms with Crippen molar-refractivity contribution < 1.29 is 0 Å². The fourth-order valence-electron chi connectivity index (χ4n) is 3.70. The topological polar surface area (TPSA) is 0 Å². The van der Waals surface area contributed by atoms with Gasteiger partial charge in [0.05, 0.1) is 0 Å². The predicted octanol–water partition coefficient (Wildman–Crippen LogP) is 4.27. The number of rotatable bonds is 0. The van der Waals surface area contributed by atoms with Crippen molar-refractivity contribution in [2.45, 2.75) is 66.2 Å². The van der Waals surface area contributed by atoms with E-state index in [1.54, 1.807) is 40.0 Å². The Hall–Kier alpha value is -0.00104. The first-order chi connectivity index (χ1) is 9.10. The molecule has 108 valence electrons. The number of fused-ring (bicyclic) bond motifs is 3. The van der Waals surface area contributed by atoms with Gasteiger partial charge in [-0.05, 0) is 0 Å². The Bertz CT molecular complexity index is 646. The molecule has 2 aromatic heterocycles. The molecule has 0 aliphatic heterocycles. The van der Waals surface area contributed by atoms with Gasteiger partial charge < -0.3 is 0 Å². The molecule has 0 aromatic carbocycles. The van der Waals surface area contributed by atoms with E-state index in [1.807, 2.05) is 0 Å². The summed E-state index contributed by atoms with van der Waals surface area (Å²) in [5.74, 6) is 0. The standard InChI is InChI=1S/C18H24Se2/c1-9-11(3)19-15-13(9)17(5,6)18(7,8)14-10(2)12(4)20-16(14)15/h1-8H3. The second kappa shape index (κ2) is 4.26. The fraction of sp³-hybridized carbons (Fsp3) is 0.556. The summed E-state index contributed by atoms with van der Waals surface area (Å²) in [7, 11) is 0. The summed E-state index contributed by atoms with van der Waals surface area (Å²) in [6.45, 7) is 19.3. The fourth-order valence-corrected chi connectivity index (χ4v) is 9.93. The maximum absolute atomic E-state index is 2.47. The van der Waals surface area contributed by atoms with Crippen molar-refractivity contribution in [3.63, 3.8) is 0 Å². The third-order valence-corrected chi connectivity index (χ3v) is 11.6. The maximum atomic E-state index is 2.47. The van der Waals surface area contributed by atoms with E-state index in [2.05, 4.69) is 55.4 Å². The van der Waals surface area contributed by atoms with Gasteiger partial charge in [-0.1, -0.05) is 0 Å². The molecule has 0 radical (unpaired) electrons. The van der Waals surface area contributed by atoms with E-state index in [4.69, 9.17) is 0 Å². The first kappa shape index (κ1) is 14.9. The third kappa shape index (κ3) is 1.60. The molecular formula is C18H24Se2. The molecule has 2 heterocycles. The summed E-state index contributed by atoms with van der Waals surface area (Å²) in [5.41, 5.74) is 7.08. The molecule has 1 aliphatic rings. The van der Waals surface area contributed by atoms with Crippen molar-refractivity contribution in [1.29, 1.82) is 0 Å². The van der Waals surface area contributed by atoms with E-state index in [9.17, 15) is 0 Å². The molecule has 2 heteroatoms. The summed E-state index contributed by atoms with van der Waals surface area (Å²) in [4.78, 5) is 0. The first-order valence-electron chi connectivity index (χ1n) is 7.32. The quantitative estimate of drug-likeness (QED) is 0.582. The van der Waals surface area contributed by atoms with Crippen LogP contribution in [-0.4, -0.2) is 29.0 Å². The van der Waals surface area contributed by atoms with Crippen LogP contribution in [0.3, 0.4) is 0 Å². The molecule has 0 spiro atoms. The molecular weight excluding hydrogens is 374 g/mol. The minimum atomic E-state index is 0.243.